The lowest BCUT2D eigenvalue weighted by molar-refractivity contribution is -0.123. The standard InChI is InChI=1S/C10H12N2O3S/c13-10-6-7-12(8-11-10)16(14,15)9-4-2-1-3-5-9/h1-5H,6-8H2,(H,11,13). The van der Waals surface area contributed by atoms with E-state index in [0.717, 1.165) is 0 Å². The minimum atomic E-state index is -3.47. The van der Waals surface area contributed by atoms with Crippen molar-refractivity contribution in [3.05, 3.63) is 30.3 Å². The Kier molecular flexibility index (Phi) is 2.93. The number of rotatable bonds is 2. The molecule has 1 saturated heterocycles. The summed E-state index contributed by atoms with van der Waals surface area (Å²) in [5.41, 5.74) is 0. The predicted octanol–water partition coefficient (Wildman–Crippen LogP) is 0.155. The summed E-state index contributed by atoms with van der Waals surface area (Å²) in [4.78, 5) is 11.2. The van der Waals surface area contributed by atoms with Gasteiger partial charge in [0.2, 0.25) is 15.9 Å². The number of carbonyl (C=O) groups excluding carboxylic acids is 1. The molecule has 0 aliphatic carbocycles. The van der Waals surface area contributed by atoms with Crippen LogP contribution in [0.3, 0.4) is 0 Å². The third-order valence-corrected chi connectivity index (χ3v) is 4.28. The number of hydrogen-bond acceptors (Lipinski definition) is 3. The number of benzene rings is 1. The molecule has 86 valence electrons. The Morgan fingerprint density at radius 3 is 2.44 bits per heavy atom. The molecule has 1 aromatic rings. The number of nitrogens with zero attached hydrogens (tertiary/aromatic N) is 1. The van der Waals surface area contributed by atoms with E-state index in [9.17, 15) is 13.2 Å². The minimum absolute atomic E-state index is 0.0516. The van der Waals surface area contributed by atoms with Gasteiger partial charge in [0.25, 0.3) is 0 Å². The number of sulfonamides is 1. The third-order valence-electron chi connectivity index (χ3n) is 2.42. The lowest BCUT2D eigenvalue weighted by Crippen LogP contribution is -2.47. The molecule has 1 N–H and O–H groups in total. The molecule has 0 spiro atoms. The van der Waals surface area contributed by atoms with Crippen molar-refractivity contribution < 1.29 is 13.2 Å². The molecular weight excluding hydrogens is 228 g/mol. The van der Waals surface area contributed by atoms with Crippen molar-refractivity contribution in [1.82, 2.24) is 9.62 Å². The van der Waals surface area contributed by atoms with E-state index < -0.39 is 10.0 Å². The minimum Gasteiger partial charge on any atom is -0.342 e. The number of amides is 1. The molecule has 0 saturated carbocycles. The van der Waals surface area contributed by atoms with Crippen LogP contribution in [0.1, 0.15) is 6.42 Å². The van der Waals surface area contributed by atoms with Gasteiger partial charge in [-0.15, -0.1) is 0 Å². The van der Waals surface area contributed by atoms with Crippen LogP contribution in [0.2, 0.25) is 0 Å². The molecule has 0 unspecified atom stereocenters. The molecule has 2 rings (SSSR count). The highest BCUT2D eigenvalue weighted by atomic mass is 32.2. The van der Waals surface area contributed by atoms with Crippen LogP contribution >= 0.6 is 0 Å². The second kappa shape index (κ2) is 4.23. The van der Waals surface area contributed by atoms with Crippen molar-refractivity contribution >= 4 is 15.9 Å². The maximum atomic E-state index is 12.1. The van der Waals surface area contributed by atoms with Crippen LogP contribution in [0, 0.1) is 0 Å². The van der Waals surface area contributed by atoms with Gasteiger partial charge in [-0.05, 0) is 12.1 Å². The monoisotopic (exact) mass is 240 g/mol. The smallest absolute Gasteiger partial charge is 0.244 e. The van der Waals surface area contributed by atoms with Gasteiger partial charge in [0.15, 0.2) is 0 Å². The number of nitrogens with one attached hydrogen (secondary N) is 1. The fraction of sp³-hybridized carbons (Fsp3) is 0.300. The van der Waals surface area contributed by atoms with Gasteiger partial charge >= 0.3 is 0 Å². The summed E-state index contributed by atoms with van der Waals surface area (Å²) < 4.78 is 25.4. The molecule has 1 heterocycles. The van der Waals surface area contributed by atoms with E-state index in [-0.39, 0.29) is 30.4 Å². The summed E-state index contributed by atoms with van der Waals surface area (Å²) >= 11 is 0. The van der Waals surface area contributed by atoms with E-state index in [1.54, 1.807) is 30.3 Å². The maximum Gasteiger partial charge on any atom is 0.244 e. The second-order valence-electron chi connectivity index (χ2n) is 3.50. The molecule has 5 nitrogen and oxygen atoms in total. The molecule has 0 radical (unpaired) electrons. The highest BCUT2D eigenvalue weighted by Gasteiger charge is 2.27. The summed E-state index contributed by atoms with van der Waals surface area (Å²) in [7, 11) is -3.47. The first kappa shape index (κ1) is 11.1. The van der Waals surface area contributed by atoms with Crippen molar-refractivity contribution in [2.45, 2.75) is 11.3 Å². The van der Waals surface area contributed by atoms with Crippen LogP contribution in [0.25, 0.3) is 0 Å². The Morgan fingerprint density at radius 1 is 1.19 bits per heavy atom. The van der Waals surface area contributed by atoms with E-state index in [1.807, 2.05) is 0 Å². The number of carbonyl (C=O) groups is 1. The normalized spacial score (nSPS) is 18.1. The maximum absolute atomic E-state index is 12.1. The molecule has 1 amide bonds. The summed E-state index contributed by atoms with van der Waals surface area (Å²) in [6.07, 6.45) is 0.214. The van der Waals surface area contributed by atoms with E-state index in [2.05, 4.69) is 5.32 Å². The van der Waals surface area contributed by atoms with E-state index in [0.29, 0.717) is 0 Å². The average molecular weight is 240 g/mol. The molecule has 6 heteroatoms. The Labute approximate surface area is 94.1 Å². The topological polar surface area (TPSA) is 66.5 Å². The largest absolute Gasteiger partial charge is 0.342 e. The quantitative estimate of drug-likeness (QED) is 0.800. The SMILES string of the molecule is O=C1CCN(S(=O)(=O)c2ccccc2)CN1. The van der Waals surface area contributed by atoms with E-state index in [4.69, 9.17) is 0 Å². The highest BCUT2D eigenvalue weighted by Crippen LogP contribution is 2.15. The van der Waals surface area contributed by atoms with Gasteiger partial charge in [0.1, 0.15) is 0 Å². The Morgan fingerprint density at radius 2 is 1.88 bits per heavy atom. The van der Waals surface area contributed by atoms with Crippen molar-refractivity contribution in [3.63, 3.8) is 0 Å². The third kappa shape index (κ3) is 2.07. The van der Waals surface area contributed by atoms with Crippen LogP contribution in [0.5, 0.6) is 0 Å². The molecule has 1 aliphatic heterocycles. The first-order valence-corrected chi connectivity index (χ1v) is 6.36. The fourth-order valence-corrected chi connectivity index (χ4v) is 2.88. The molecule has 16 heavy (non-hydrogen) atoms. The van der Waals surface area contributed by atoms with Crippen LogP contribution in [0.4, 0.5) is 0 Å². The van der Waals surface area contributed by atoms with Crippen molar-refractivity contribution in [3.8, 4) is 0 Å². The highest BCUT2D eigenvalue weighted by molar-refractivity contribution is 7.89. The van der Waals surface area contributed by atoms with Gasteiger partial charge in [-0.3, -0.25) is 4.79 Å². The van der Waals surface area contributed by atoms with Crippen molar-refractivity contribution in [1.29, 1.82) is 0 Å². The predicted molar refractivity (Wildman–Crippen MR) is 58.0 cm³/mol. The number of hydrogen-bond donors (Lipinski definition) is 1. The molecule has 1 fully saturated rings. The second-order valence-corrected chi connectivity index (χ2v) is 5.44. The Balaban J connectivity index is 2.23. The van der Waals surface area contributed by atoms with Crippen LogP contribution < -0.4 is 5.32 Å². The van der Waals surface area contributed by atoms with Gasteiger partial charge in [-0.25, -0.2) is 8.42 Å². The summed E-state index contributed by atoms with van der Waals surface area (Å²) in [6, 6.07) is 8.21. The van der Waals surface area contributed by atoms with E-state index in [1.165, 1.54) is 4.31 Å². The average Bonchev–Trinajstić information content (AvgIpc) is 2.31. The fourth-order valence-electron chi connectivity index (χ4n) is 1.52. The zero-order valence-electron chi connectivity index (χ0n) is 8.59. The summed E-state index contributed by atoms with van der Waals surface area (Å²) in [5.74, 6) is -0.112. The van der Waals surface area contributed by atoms with Crippen LogP contribution in [0.15, 0.2) is 35.2 Å². The molecule has 1 aliphatic rings. The van der Waals surface area contributed by atoms with Crippen LogP contribution in [-0.4, -0.2) is 31.8 Å². The summed E-state index contributed by atoms with van der Waals surface area (Å²) in [5, 5.41) is 2.52. The van der Waals surface area contributed by atoms with Gasteiger partial charge in [-0.2, -0.15) is 4.31 Å². The van der Waals surface area contributed by atoms with Gasteiger partial charge < -0.3 is 5.32 Å². The lowest BCUT2D eigenvalue weighted by atomic mass is 10.3. The first-order valence-electron chi connectivity index (χ1n) is 4.92. The summed E-state index contributed by atoms with van der Waals surface area (Å²) in [6.45, 7) is 0.291. The van der Waals surface area contributed by atoms with Gasteiger partial charge in [0.05, 0.1) is 11.6 Å². The van der Waals surface area contributed by atoms with Gasteiger partial charge in [-0.1, -0.05) is 18.2 Å². The molecule has 1 aromatic carbocycles. The van der Waals surface area contributed by atoms with Crippen LogP contribution in [-0.2, 0) is 14.8 Å². The molecule has 0 atom stereocenters. The van der Waals surface area contributed by atoms with E-state index >= 15 is 0 Å². The Hall–Kier alpha value is -1.40. The zero-order chi connectivity index (χ0) is 11.6. The Bertz CT molecular complexity index is 474. The lowest BCUT2D eigenvalue weighted by Gasteiger charge is -2.26. The first-order chi connectivity index (χ1) is 7.60. The van der Waals surface area contributed by atoms with Gasteiger partial charge in [0, 0.05) is 13.0 Å². The van der Waals surface area contributed by atoms with Crippen molar-refractivity contribution in [2.24, 2.45) is 0 Å². The molecular formula is C10H12N2O3S. The molecule has 0 aromatic heterocycles. The molecule has 0 bridgehead atoms. The zero-order valence-corrected chi connectivity index (χ0v) is 9.40. The van der Waals surface area contributed by atoms with Crippen molar-refractivity contribution in [2.75, 3.05) is 13.2 Å².